The lowest BCUT2D eigenvalue weighted by Gasteiger charge is -2.42. The maximum absolute atomic E-state index is 12.9. The Hall–Kier alpha value is -4.00. The Balaban J connectivity index is 1.49. The molecule has 2 aliphatic rings. The monoisotopic (exact) mass is 622 g/mol. The molecule has 0 saturated carbocycles. The van der Waals surface area contributed by atoms with Gasteiger partial charge >= 0.3 is 5.97 Å². The van der Waals surface area contributed by atoms with Crippen LogP contribution in [0.15, 0.2) is 45.6 Å². The predicted molar refractivity (Wildman–Crippen MR) is 144 cm³/mol. The molecule has 0 spiro atoms. The van der Waals surface area contributed by atoms with E-state index >= 15 is 0 Å². The highest BCUT2D eigenvalue weighted by Crippen LogP contribution is 2.36. The standard InChI is InChI=1S/C28H30O16/c1-11(30)39-8-20-22(35)23(36)24(44-27-25(37)28(38,9-29)10-40-27)26(43-20)41-13-5-16(33)21-17(34)7-18(42-19(21)6-13)12-2-3-14(31)15(32)4-12/h2-7,20,22-27,29,31-33,35-38H,8-10H2,1H3/t20-,22-,23+,24-,25+,26-,27+,28-/m1/s1. The van der Waals surface area contributed by atoms with E-state index in [1.165, 1.54) is 18.2 Å². The molecule has 2 aromatic carbocycles. The summed E-state index contributed by atoms with van der Waals surface area (Å²) in [5, 5.41) is 81.7. The molecule has 0 radical (unpaired) electrons. The quantitative estimate of drug-likeness (QED) is 0.108. The van der Waals surface area contributed by atoms with Crippen LogP contribution in [0.25, 0.3) is 22.3 Å². The number of phenols is 3. The highest BCUT2D eigenvalue weighted by molar-refractivity contribution is 5.86. The zero-order chi connectivity index (χ0) is 31.9. The molecular weight excluding hydrogens is 592 g/mol. The fourth-order valence-corrected chi connectivity index (χ4v) is 4.81. The fourth-order valence-electron chi connectivity index (χ4n) is 4.81. The normalized spacial score (nSPS) is 30.4. The average molecular weight is 623 g/mol. The van der Waals surface area contributed by atoms with Gasteiger partial charge < -0.3 is 69.0 Å². The van der Waals surface area contributed by atoms with Crippen LogP contribution in [0, 0.1) is 0 Å². The van der Waals surface area contributed by atoms with E-state index in [2.05, 4.69) is 0 Å². The van der Waals surface area contributed by atoms with Crippen LogP contribution in [-0.2, 0) is 23.7 Å². The first-order valence-electron chi connectivity index (χ1n) is 13.2. The van der Waals surface area contributed by atoms with Crippen molar-refractivity contribution < 1.29 is 73.7 Å². The maximum Gasteiger partial charge on any atom is 0.302 e. The Morgan fingerprint density at radius 2 is 1.75 bits per heavy atom. The number of aliphatic hydroxyl groups is 5. The van der Waals surface area contributed by atoms with E-state index in [0.29, 0.717) is 0 Å². The van der Waals surface area contributed by atoms with Crippen LogP contribution in [0.3, 0.4) is 0 Å². The minimum Gasteiger partial charge on any atom is -0.507 e. The van der Waals surface area contributed by atoms with E-state index in [1.807, 2.05) is 0 Å². The Morgan fingerprint density at radius 1 is 1.00 bits per heavy atom. The van der Waals surface area contributed by atoms with Crippen LogP contribution in [-0.4, -0.2) is 115 Å². The smallest absolute Gasteiger partial charge is 0.302 e. The number of carbonyl (C=O) groups is 1. The lowest BCUT2D eigenvalue weighted by molar-refractivity contribution is -0.319. The number of phenolic OH excluding ortho intramolecular Hbond substituents is 3. The van der Waals surface area contributed by atoms with Crippen LogP contribution in [0.1, 0.15) is 6.92 Å². The summed E-state index contributed by atoms with van der Waals surface area (Å²) in [6, 6.07) is 7.03. The summed E-state index contributed by atoms with van der Waals surface area (Å²) in [6.07, 6.45) is -11.6. The molecule has 16 nitrogen and oxygen atoms in total. The summed E-state index contributed by atoms with van der Waals surface area (Å²) in [5.74, 6) is -2.37. The van der Waals surface area contributed by atoms with Crippen molar-refractivity contribution in [2.75, 3.05) is 19.8 Å². The van der Waals surface area contributed by atoms with Crippen LogP contribution in [0.2, 0.25) is 0 Å². The summed E-state index contributed by atoms with van der Waals surface area (Å²) >= 11 is 0. The molecule has 8 atom stereocenters. The second-order valence-corrected chi connectivity index (χ2v) is 10.4. The second-order valence-electron chi connectivity index (χ2n) is 10.4. The van der Waals surface area contributed by atoms with Crippen LogP contribution in [0.5, 0.6) is 23.0 Å². The molecule has 16 heteroatoms. The van der Waals surface area contributed by atoms with Gasteiger partial charge in [-0.3, -0.25) is 9.59 Å². The molecule has 0 aliphatic carbocycles. The molecule has 3 heterocycles. The summed E-state index contributed by atoms with van der Waals surface area (Å²) in [4.78, 5) is 24.2. The van der Waals surface area contributed by atoms with Gasteiger partial charge in [0.1, 0.15) is 64.9 Å². The van der Waals surface area contributed by atoms with Gasteiger partial charge in [0, 0.05) is 30.7 Å². The highest BCUT2D eigenvalue weighted by Gasteiger charge is 2.53. The van der Waals surface area contributed by atoms with E-state index in [9.17, 15) is 50.4 Å². The molecule has 0 bridgehead atoms. The first-order valence-corrected chi connectivity index (χ1v) is 13.2. The minimum atomic E-state index is -2.08. The number of hydrogen-bond acceptors (Lipinski definition) is 16. The Kier molecular flexibility index (Phi) is 8.70. The van der Waals surface area contributed by atoms with Crippen molar-refractivity contribution in [2.45, 2.75) is 55.6 Å². The third-order valence-corrected chi connectivity index (χ3v) is 7.26. The van der Waals surface area contributed by atoms with E-state index in [1.54, 1.807) is 0 Å². The number of benzene rings is 2. The Morgan fingerprint density at radius 3 is 2.41 bits per heavy atom. The molecule has 5 rings (SSSR count). The molecule has 3 aromatic rings. The van der Waals surface area contributed by atoms with Crippen molar-refractivity contribution in [3.05, 3.63) is 46.6 Å². The minimum absolute atomic E-state index is 0.0341. The first kappa shape index (κ1) is 31.4. The molecule has 0 amide bonds. The number of aliphatic hydroxyl groups excluding tert-OH is 4. The van der Waals surface area contributed by atoms with Gasteiger partial charge in [0.05, 0.1) is 13.2 Å². The summed E-state index contributed by atoms with van der Waals surface area (Å²) in [6.45, 7) is -0.793. The van der Waals surface area contributed by atoms with E-state index in [0.717, 1.165) is 25.1 Å². The van der Waals surface area contributed by atoms with Crippen molar-refractivity contribution in [3.8, 4) is 34.3 Å². The number of rotatable bonds is 8. The van der Waals surface area contributed by atoms with Gasteiger partial charge in [0.15, 0.2) is 29.3 Å². The third kappa shape index (κ3) is 6.01. The van der Waals surface area contributed by atoms with Crippen molar-refractivity contribution in [2.24, 2.45) is 0 Å². The van der Waals surface area contributed by atoms with Crippen LogP contribution in [0.4, 0.5) is 0 Å². The topological polar surface area (TPSA) is 255 Å². The van der Waals surface area contributed by atoms with Crippen molar-refractivity contribution in [3.63, 3.8) is 0 Å². The van der Waals surface area contributed by atoms with E-state index in [4.69, 9.17) is 28.1 Å². The molecular formula is C28H30O16. The van der Waals surface area contributed by atoms with Gasteiger partial charge in [0.2, 0.25) is 6.29 Å². The molecule has 2 saturated heterocycles. The van der Waals surface area contributed by atoms with Crippen molar-refractivity contribution in [1.29, 1.82) is 0 Å². The number of esters is 1. The molecule has 8 N–H and O–H groups in total. The first-order chi connectivity index (χ1) is 20.8. The zero-order valence-electron chi connectivity index (χ0n) is 23.0. The van der Waals surface area contributed by atoms with Gasteiger partial charge in [-0.2, -0.15) is 0 Å². The largest absolute Gasteiger partial charge is 0.507 e. The fraction of sp³-hybridized carbons (Fsp3) is 0.429. The Labute approximate surface area is 247 Å². The SMILES string of the molecule is CC(=O)OC[C@H]1O[C@@H](Oc2cc(O)c3c(=O)cc(-c4ccc(O)c(O)c4)oc3c2)[C@H](O[C@@H]2OC[C@](O)(CO)[C@H]2O)[C@@H](O)[C@@H]1O. The molecule has 238 valence electrons. The van der Waals surface area contributed by atoms with Gasteiger partial charge in [0.25, 0.3) is 0 Å². The number of aromatic hydroxyl groups is 3. The molecule has 0 unspecified atom stereocenters. The van der Waals surface area contributed by atoms with Crippen molar-refractivity contribution in [1.82, 2.24) is 0 Å². The van der Waals surface area contributed by atoms with Crippen LogP contribution < -0.4 is 10.2 Å². The average Bonchev–Trinajstić information content (AvgIpc) is 3.26. The summed E-state index contributed by atoms with van der Waals surface area (Å²) in [7, 11) is 0. The lowest BCUT2D eigenvalue weighted by atomic mass is 9.98. The molecule has 1 aromatic heterocycles. The van der Waals surface area contributed by atoms with Gasteiger partial charge in [-0.05, 0) is 18.2 Å². The third-order valence-electron chi connectivity index (χ3n) is 7.26. The van der Waals surface area contributed by atoms with E-state index in [-0.39, 0.29) is 28.0 Å². The van der Waals surface area contributed by atoms with Crippen molar-refractivity contribution >= 4 is 16.9 Å². The number of ether oxygens (including phenoxy) is 5. The van der Waals surface area contributed by atoms with Gasteiger partial charge in [-0.25, -0.2) is 0 Å². The lowest BCUT2D eigenvalue weighted by Crippen LogP contribution is -2.62. The number of carbonyl (C=O) groups excluding carboxylic acids is 1. The zero-order valence-corrected chi connectivity index (χ0v) is 23.0. The number of hydrogen-bond donors (Lipinski definition) is 8. The molecule has 2 fully saturated rings. The van der Waals surface area contributed by atoms with Gasteiger partial charge in [-0.1, -0.05) is 0 Å². The second kappa shape index (κ2) is 12.2. The highest BCUT2D eigenvalue weighted by atomic mass is 16.8. The van der Waals surface area contributed by atoms with Gasteiger partial charge in [-0.15, -0.1) is 0 Å². The molecule has 2 aliphatic heterocycles. The summed E-state index contributed by atoms with van der Waals surface area (Å²) < 4.78 is 33.2. The van der Waals surface area contributed by atoms with Crippen LogP contribution >= 0.6 is 0 Å². The number of fused-ring (bicyclic) bond motifs is 1. The molecule has 44 heavy (non-hydrogen) atoms. The predicted octanol–water partition coefficient (Wildman–Crippen LogP) is -1.21. The summed E-state index contributed by atoms with van der Waals surface area (Å²) in [5.41, 5.74) is -2.69. The maximum atomic E-state index is 12.9. The Bertz CT molecular complexity index is 1590. The van der Waals surface area contributed by atoms with E-state index < -0.39 is 97.2 Å².